The van der Waals surface area contributed by atoms with Crippen LogP contribution in [0.2, 0.25) is 0 Å². The van der Waals surface area contributed by atoms with Gasteiger partial charge in [0.05, 0.1) is 11.0 Å². The summed E-state index contributed by atoms with van der Waals surface area (Å²) >= 11 is 0. The predicted octanol–water partition coefficient (Wildman–Crippen LogP) is 0.276. The van der Waals surface area contributed by atoms with Crippen molar-refractivity contribution in [2.45, 2.75) is 24.0 Å². The second-order valence-corrected chi connectivity index (χ2v) is 6.29. The highest BCUT2D eigenvalue weighted by Crippen LogP contribution is 2.14. The minimum atomic E-state index is -3.53. The van der Waals surface area contributed by atoms with Crippen LogP contribution in [-0.2, 0) is 10.0 Å². The molecule has 0 radical (unpaired) electrons. The van der Waals surface area contributed by atoms with Gasteiger partial charge in [0.15, 0.2) is 0 Å². The fraction of sp³-hybridized carbons (Fsp3) is 0.500. The first-order valence-corrected chi connectivity index (χ1v) is 7.20. The van der Waals surface area contributed by atoms with Gasteiger partial charge in [-0.25, -0.2) is 8.42 Å². The first-order chi connectivity index (χ1) is 8.39. The topological polar surface area (TPSA) is 69.6 Å². The van der Waals surface area contributed by atoms with Crippen molar-refractivity contribution in [1.82, 2.24) is 9.62 Å². The maximum atomic E-state index is 12.2. The smallest absolute Gasteiger partial charge is 0.242 e. The van der Waals surface area contributed by atoms with Gasteiger partial charge in [-0.05, 0) is 26.1 Å². The zero-order valence-corrected chi connectivity index (χ0v) is 11.7. The van der Waals surface area contributed by atoms with Crippen molar-refractivity contribution in [1.29, 1.82) is 0 Å². The van der Waals surface area contributed by atoms with E-state index in [4.69, 9.17) is 0 Å². The second-order valence-electron chi connectivity index (χ2n) is 4.24. The van der Waals surface area contributed by atoms with E-state index >= 15 is 0 Å². The fourth-order valence-corrected chi connectivity index (χ4v) is 2.69. The van der Waals surface area contributed by atoms with Crippen molar-refractivity contribution >= 4 is 10.0 Å². The van der Waals surface area contributed by atoms with Crippen LogP contribution >= 0.6 is 0 Å². The van der Waals surface area contributed by atoms with Crippen LogP contribution in [0.25, 0.3) is 0 Å². The third kappa shape index (κ3) is 3.52. The van der Waals surface area contributed by atoms with E-state index in [0.717, 1.165) is 0 Å². The number of aliphatic hydroxyl groups is 1. The maximum Gasteiger partial charge on any atom is 0.242 e. The quantitative estimate of drug-likeness (QED) is 0.780. The Kier molecular flexibility index (Phi) is 5.28. The molecule has 2 atom stereocenters. The molecule has 0 unspecified atom stereocenters. The number of rotatable bonds is 6. The summed E-state index contributed by atoms with van der Waals surface area (Å²) in [4.78, 5) is 0.233. The molecule has 0 spiro atoms. The first kappa shape index (κ1) is 15.1. The van der Waals surface area contributed by atoms with Crippen LogP contribution in [-0.4, -0.2) is 50.6 Å². The molecule has 0 amide bonds. The molecule has 18 heavy (non-hydrogen) atoms. The largest absolute Gasteiger partial charge is 0.390 e. The van der Waals surface area contributed by atoms with Crippen molar-refractivity contribution in [3.63, 3.8) is 0 Å². The van der Waals surface area contributed by atoms with Crippen molar-refractivity contribution in [3.05, 3.63) is 30.3 Å². The Morgan fingerprint density at radius 2 is 1.89 bits per heavy atom. The molecule has 102 valence electrons. The molecular weight excluding hydrogens is 252 g/mol. The fourth-order valence-electron chi connectivity index (χ4n) is 1.48. The number of aliphatic hydroxyl groups excluding tert-OH is 1. The molecule has 2 N–H and O–H groups in total. The SMILES string of the molecule is CN[C@@H](C)[C@H](O)CN(C)S(=O)(=O)c1ccccc1. The molecule has 5 nitrogen and oxygen atoms in total. The number of likely N-dealkylation sites (N-methyl/N-ethyl adjacent to an activating group) is 2. The Morgan fingerprint density at radius 3 is 2.39 bits per heavy atom. The summed E-state index contributed by atoms with van der Waals surface area (Å²) in [6.07, 6.45) is -0.751. The zero-order valence-electron chi connectivity index (χ0n) is 10.9. The lowest BCUT2D eigenvalue weighted by Gasteiger charge is -2.24. The molecule has 0 aliphatic rings. The predicted molar refractivity (Wildman–Crippen MR) is 70.8 cm³/mol. The van der Waals surface area contributed by atoms with E-state index in [1.807, 2.05) is 0 Å². The lowest BCUT2D eigenvalue weighted by molar-refractivity contribution is 0.120. The van der Waals surface area contributed by atoms with Gasteiger partial charge in [0.1, 0.15) is 0 Å². The summed E-state index contributed by atoms with van der Waals surface area (Å²) in [6, 6.07) is 8.02. The van der Waals surface area contributed by atoms with E-state index in [9.17, 15) is 13.5 Å². The van der Waals surface area contributed by atoms with E-state index in [1.165, 1.54) is 11.4 Å². The van der Waals surface area contributed by atoms with E-state index in [1.54, 1.807) is 44.3 Å². The molecule has 0 aliphatic heterocycles. The van der Waals surface area contributed by atoms with Gasteiger partial charge in [-0.2, -0.15) is 4.31 Å². The van der Waals surface area contributed by atoms with Gasteiger partial charge >= 0.3 is 0 Å². The monoisotopic (exact) mass is 272 g/mol. The summed E-state index contributed by atoms with van der Waals surface area (Å²) < 4.78 is 25.5. The Morgan fingerprint density at radius 1 is 1.33 bits per heavy atom. The Balaban J connectivity index is 2.81. The van der Waals surface area contributed by atoms with Gasteiger partial charge in [-0.3, -0.25) is 0 Å². The average Bonchev–Trinajstić information content (AvgIpc) is 2.38. The van der Waals surface area contributed by atoms with Gasteiger partial charge in [0.2, 0.25) is 10.0 Å². The third-order valence-electron chi connectivity index (χ3n) is 2.93. The molecule has 0 aromatic heterocycles. The van der Waals surface area contributed by atoms with Crippen molar-refractivity contribution < 1.29 is 13.5 Å². The molecule has 6 heteroatoms. The van der Waals surface area contributed by atoms with Gasteiger partial charge in [-0.1, -0.05) is 18.2 Å². The second kappa shape index (κ2) is 6.29. The molecule has 0 bridgehead atoms. The van der Waals surface area contributed by atoms with Crippen LogP contribution in [0.5, 0.6) is 0 Å². The molecule has 0 fully saturated rings. The average molecular weight is 272 g/mol. The highest BCUT2D eigenvalue weighted by atomic mass is 32.2. The molecule has 0 saturated heterocycles. The standard InChI is InChI=1S/C12H20N2O3S/c1-10(13-2)12(15)9-14(3)18(16,17)11-7-5-4-6-8-11/h4-8,10,12-13,15H,9H2,1-3H3/t10-,12+/m0/s1. The molecular formula is C12H20N2O3S. The Hall–Kier alpha value is -0.950. The number of hydrogen-bond donors (Lipinski definition) is 2. The first-order valence-electron chi connectivity index (χ1n) is 5.76. The van der Waals surface area contributed by atoms with Gasteiger partial charge in [-0.15, -0.1) is 0 Å². The van der Waals surface area contributed by atoms with Gasteiger partial charge in [0.25, 0.3) is 0 Å². The molecule has 1 aromatic carbocycles. The normalized spacial score (nSPS) is 15.6. The summed E-state index contributed by atoms with van der Waals surface area (Å²) in [6.45, 7) is 1.85. The highest BCUT2D eigenvalue weighted by Gasteiger charge is 2.24. The maximum absolute atomic E-state index is 12.2. The summed E-state index contributed by atoms with van der Waals surface area (Å²) in [5, 5.41) is 12.7. The lowest BCUT2D eigenvalue weighted by atomic mass is 10.2. The van der Waals surface area contributed by atoms with Crippen LogP contribution in [0.15, 0.2) is 35.2 Å². The molecule has 1 rings (SSSR count). The van der Waals surface area contributed by atoms with Crippen molar-refractivity contribution in [2.75, 3.05) is 20.6 Å². The number of hydrogen-bond acceptors (Lipinski definition) is 4. The van der Waals surface area contributed by atoms with Crippen LogP contribution < -0.4 is 5.32 Å². The molecule has 0 heterocycles. The van der Waals surface area contributed by atoms with Crippen LogP contribution in [0, 0.1) is 0 Å². The number of benzene rings is 1. The third-order valence-corrected chi connectivity index (χ3v) is 4.77. The van der Waals surface area contributed by atoms with E-state index in [0.29, 0.717) is 0 Å². The van der Waals surface area contributed by atoms with E-state index in [-0.39, 0.29) is 17.5 Å². The number of nitrogens with zero attached hydrogens (tertiary/aromatic N) is 1. The Labute approximate surface area is 108 Å². The van der Waals surface area contributed by atoms with Gasteiger partial charge < -0.3 is 10.4 Å². The van der Waals surface area contributed by atoms with Crippen molar-refractivity contribution in [3.8, 4) is 0 Å². The summed E-state index contributed by atoms with van der Waals surface area (Å²) in [7, 11) is -0.342. The van der Waals surface area contributed by atoms with Crippen LogP contribution in [0.3, 0.4) is 0 Å². The van der Waals surface area contributed by atoms with E-state index < -0.39 is 16.1 Å². The highest BCUT2D eigenvalue weighted by molar-refractivity contribution is 7.89. The number of sulfonamides is 1. The Bertz CT molecular complexity index is 461. The summed E-state index contributed by atoms with van der Waals surface area (Å²) in [5.74, 6) is 0. The van der Waals surface area contributed by atoms with Crippen LogP contribution in [0.4, 0.5) is 0 Å². The van der Waals surface area contributed by atoms with E-state index in [2.05, 4.69) is 5.32 Å². The van der Waals surface area contributed by atoms with Crippen molar-refractivity contribution in [2.24, 2.45) is 0 Å². The lowest BCUT2D eigenvalue weighted by Crippen LogP contribution is -2.43. The zero-order chi connectivity index (χ0) is 13.8. The number of nitrogens with one attached hydrogen (secondary N) is 1. The molecule has 0 saturated carbocycles. The molecule has 1 aromatic rings. The van der Waals surface area contributed by atoms with Gasteiger partial charge in [0, 0.05) is 19.6 Å². The van der Waals surface area contributed by atoms with Crippen LogP contribution in [0.1, 0.15) is 6.92 Å². The molecule has 0 aliphatic carbocycles. The minimum absolute atomic E-state index is 0.0548. The minimum Gasteiger partial charge on any atom is -0.390 e. The summed E-state index contributed by atoms with van der Waals surface area (Å²) in [5.41, 5.74) is 0.